The lowest BCUT2D eigenvalue weighted by molar-refractivity contribution is -0.389. The van der Waals surface area contributed by atoms with E-state index in [0.29, 0.717) is 0 Å². The zero-order valence-electron chi connectivity index (χ0n) is 5.40. The third kappa shape index (κ3) is 1.30. The number of rotatable bonds is 2. The number of hydrogen-bond donors (Lipinski definition) is 0. The van der Waals surface area contributed by atoms with Crippen LogP contribution in [0.25, 0.3) is 0 Å². The molecule has 5 heteroatoms. The molecule has 0 aliphatic rings. The molecular weight excluding hydrogens is 152 g/mol. The van der Waals surface area contributed by atoms with Crippen molar-refractivity contribution in [2.75, 3.05) is 0 Å². The zero-order valence-corrected chi connectivity index (χ0v) is 6.22. The number of nitro groups is 1. The van der Waals surface area contributed by atoms with Crippen molar-refractivity contribution in [2.24, 2.45) is 0 Å². The second-order valence-corrected chi connectivity index (χ2v) is 2.65. The van der Waals surface area contributed by atoms with Crippen molar-refractivity contribution in [1.29, 1.82) is 0 Å². The summed E-state index contributed by atoms with van der Waals surface area (Å²) in [7, 11) is 0. The molecule has 0 unspecified atom stereocenters. The predicted molar refractivity (Wildman–Crippen MR) is 38.1 cm³/mol. The highest BCUT2D eigenvalue weighted by Crippen LogP contribution is 2.15. The van der Waals surface area contributed by atoms with Crippen LogP contribution in [0.15, 0.2) is 5.38 Å². The van der Waals surface area contributed by atoms with Crippen molar-refractivity contribution in [1.82, 2.24) is 4.98 Å². The minimum Gasteiger partial charge on any atom is -0.358 e. The molecule has 4 nitrogen and oxygen atoms in total. The van der Waals surface area contributed by atoms with E-state index in [0.717, 1.165) is 11.4 Å². The highest BCUT2D eigenvalue weighted by molar-refractivity contribution is 7.09. The highest BCUT2D eigenvalue weighted by atomic mass is 32.1. The second-order valence-electron chi connectivity index (χ2n) is 1.71. The van der Waals surface area contributed by atoms with Crippen molar-refractivity contribution >= 4 is 17.2 Å². The quantitative estimate of drug-likeness (QED) is 0.485. The van der Waals surface area contributed by atoms with Gasteiger partial charge in [0.25, 0.3) is 0 Å². The Morgan fingerprint density at radius 1 is 1.90 bits per heavy atom. The average molecular weight is 158 g/mol. The fourth-order valence-corrected chi connectivity index (χ4v) is 1.24. The van der Waals surface area contributed by atoms with Crippen LogP contribution in [0.5, 0.6) is 0 Å². The molecule has 0 saturated heterocycles. The summed E-state index contributed by atoms with van der Waals surface area (Å²) in [6.45, 7) is 1.92. The van der Waals surface area contributed by atoms with Crippen molar-refractivity contribution in [3.05, 3.63) is 20.5 Å². The van der Waals surface area contributed by atoms with Gasteiger partial charge in [0.2, 0.25) is 5.01 Å². The third-order valence-electron chi connectivity index (χ3n) is 1.03. The number of hydrogen-bond acceptors (Lipinski definition) is 4. The summed E-state index contributed by atoms with van der Waals surface area (Å²) >= 11 is 1.33. The van der Waals surface area contributed by atoms with Gasteiger partial charge < -0.3 is 10.1 Å². The van der Waals surface area contributed by atoms with Gasteiger partial charge in [-0.1, -0.05) is 18.3 Å². The maximum Gasteiger partial charge on any atom is 0.374 e. The summed E-state index contributed by atoms with van der Waals surface area (Å²) in [6, 6.07) is 0. The Morgan fingerprint density at radius 2 is 2.60 bits per heavy atom. The van der Waals surface area contributed by atoms with Crippen LogP contribution in [0.4, 0.5) is 5.82 Å². The molecule has 54 valence electrons. The summed E-state index contributed by atoms with van der Waals surface area (Å²) in [4.78, 5) is 13.4. The van der Waals surface area contributed by atoms with Crippen LogP contribution in [-0.2, 0) is 6.42 Å². The van der Waals surface area contributed by atoms with Crippen LogP contribution in [0.2, 0.25) is 0 Å². The molecule has 0 aliphatic heterocycles. The molecule has 0 aliphatic carbocycles. The molecule has 10 heavy (non-hydrogen) atoms. The monoisotopic (exact) mass is 158 g/mol. The molecule has 1 aromatic rings. The summed E-state index contributed by atoms with van der Waals surface area (Å²) in [5, 5.41) is 12.3. The standard InChI is InChI=1S/C5H6N2O2S/c1-2-5-6-4(3-10-5)7(8)9/h3H,2H2,1H3. The Balaban J connectivity index is 2.88. The van der Waals surface area contributed by atoms with E-state index in [4.69, 9.17) is 0 Å². The van der Waals surface area contributed by atoms with Gasteiger partial charge in [-0.3, -0.25) is 0 Å². The molecule has 0 aromatic carbocycles. The summed E-state index contributed by atoms with van der Waals surface area (Å²) < 4.78 is 0. The Labute approximate surface area is 61.7 Å². The van der Waals surface area contributed by atoms with E-state index in [1.54, 1.807) is 0 Å². The fourth-order valence-electron chi connectivity index (χ4n) is 0.547. The normalized spacial score (nSPS) is 9.70. The zero-order chi connectivity index (χ0) is 7.56. The first-order valence-corrected chi connectivity index (χ1v) is 3.70. The van der Waals surface area contributed by atoms with Crippen LogP contribution >= 0.6 is 11.3 Å². The van der Waals surface area contributed by atoms with Gasteiger partial charge in [0.05, 0.1) is 5.38 Å². The summed E-state index contributed by atoms with van der Waals surface area (Å²) in [6.07, 6.45) is 0.762. The van der Waals surface area contributed by atoms with Gasteiger partial charge in [0, 0.05) is 6.42 Å². The molecule has 0 atom stereocenters. The van der Waals surface area contributed by atoms with Gasteiger partial charge in [0.15, 0.2) is 0 Å². The first-order chi connectivity index (χ1) is 4.74. The number of nitrogens with zero attached hydrogens (tertiary/aromatic N) is 2. The van der Waals surface area contributed by atoms with E-state index in [-0.39, 0.29) is 5.82 Å². The van der Waals surface area contributed by atoms with E-state index in [1.165, 1.54) is 16.7 Å². The van der Waals surface area contributed by atoms with Crippen LogP contribution in [0.1, 0.15) is 11.9 Å². The lowest BCUT2D eigenvalue weighted by Gasteiger charge is -1.82. The lowest BCUT2D eigenvalue weighted by atomic mass is 10.5. The highest BCUT2D eigenvalue weighted by Gasteiger charge is 2.10. The maximum atomic E-state index is 10.1. The van der Waals surface area contributed by atoms with Crippen LogP contribution < -0.4 is 0 Å². The lowest BCUT2D eigenvalue weighted by Crippen LogP contribution is -1.87. The number of aromatic nitrogens is 1. The van der Waals surface area contributed by atoms with Crippen LogP contribution in [-0.4, -0.2) is 9.91 Å². The average Bonchev–Trinajstić information content (AvgIpc) is 2.34. The van der Waals surface area contributed by atoms with Gasteiger partial charge in [-0.15, -0.1) is 0 Å². The van der Waals surface area contributed by atoms with Gasteiger partial charge >= 0.3 is 5.82 Å². The van der Waals surface area contributed by atoms with Gasteiger partial charge in [-0.2, -0.15) is 0 Å². The van der Waals surface area contributed by atoms with Crippen LogP contribution in [0, 0.1) is 10.1 Å². The fraction of sp³-hybridized carbons (Fsp3) is 0.400. The molecule has 0 N–H and O–H groups in total. The third-order valence-corrected chi connectivity index (χ3v) is 2.01. The Hall–Kier alpha value is -0.970. The number of aryl methyl sites for hydroxylation is 1. The molecular formula is C5H6N2O2S. The van der Waals surface area contributed by atoms with Gasteiger partial charge in [-0.25, -0.2) is 0 Å². The van der Waals surface area contributed by atoms with E-state index >= 15 is 0 Å². The molecule has 1 aromatic heterocycles. The van der Waals surface area contributed by atoms with Crippen molar-refractivity contribution in [3.63, 3.8) is 0 Å². The number of thiazole rings is 1. The molecule has 0 spiro atoms. The van der Waals surface area contributed by atoms with Crippen molar-refractivity contribution in [3.8, 4) is 0 Å². The first-order valence-electron chi connectivity index (χ1n) is 2.83. The minimum atomic E-state index is -0.477. The van der Waals surface area contributed by atoms with Crippen molar-refractivity contribution < 1.29 is 4.92 Å². The summed E-state index contributed by atoms with van der Waals surface area (Å²) in [5.41, 5.74) is 0. The molecule has 0 bridgehead atoms. The summed E-state index contributed by atoms with van der Waals surface area (Å²) in [5.74, 6) is -0.0400. The van der Waals surface area contributed by atoms with Crippen LogP contribution in [0.3, 0.4) is 0 Å². The van der Waals surface area contributed by atoms with E-state index in [2.05, 4.69) is 4.98 Å². The first kappa shape index (κ1) is 7.14. The minimum absolute atomic E-state index is 0.0400. The largest absolute Gasteiger partial charge is 0.374 e. The molecule has 0 saturated carbocycles. The maximum absolute atomic E-state index is 10.1. The van der Waals surface area contributed by atoms with Gasteiger partial charge in [0.1, 0.15) is 0 Å². The second kappa shape index (κ2) is 2.74. The topological polar surface area (TPSA) is 56.0 Å². The molecule has 0 radical (unpaired) electrons. The van der Waals surface area contributed by atoms with Gasteiger partial charge in [-0.05, 0) is 9.91 Å². The smallest absolute Gasteiger partial charge is 0.358 e. The van der Waals surface area contributed by atoms with E-state index in [9.17, 15) is 10.1 Å². The molecule has 0 fully saturated rings. The molecule has 1 rings (SSSR count). The Kier molecular flexibility index (Phi) is 1.96. The Bertz CT molecular complexity index is 246. The van der Waals surface area contributed by atoms with E-state index < -0.39 is 4.92 Å². The van der Waals surface area contributed by atoms with Crippen molar-refractivity contribution in [2.45, 2.75) is 13.3 Å². The molecule has 1 heterocycles. The SMILES string of the molecule is CCc1nc([N+](=O)[O-])cs1. The molecule has 0 amide bonds. The predicted octanol–water partition coefficient (Wildman–Crippen LogP) is 1.61. The van der Waals surface area contributed by atoms with E-state index in [1.807, 2.05) is 6.92 Å². The Morgan fingerprint density at radius 3 is 2.90 bits per heavy atom.